The number of nitrogens with zero attached hydrogens (tertiary/aromatic N) is 3. The third-order valence-corrected chi connectivity index (χ3v) is 6.96. The molecule has 0 amide bonds. The number of sulfonamides is 1. The molecule has 27 heavy (non-hydrogen) atoms. The van der Waals surface area contributed by atoms with Crippen molar-refractivity contribution in [1.82, 2.24) is 19.9 Å². The molecule has 0 radical (unpaired) electrons. The van der Waals surface area contributed by atoms with E-state index in [9.17, 15) is 8.42 Å². The highest BCUT2D eigenvalue weighted by atomic mass is 127. The first-order valence-corrected chi connectivity index (χ1v) is 10.5. The number of aromatic nitrogens is 1. The molecule has 152 valence electrons. The normalized spacial score (nSPS) is 12.1. The number of rotatable bonds is 7. The summed E-state index contributed by atoms with van der Waals surface area (Å²) in [4.78, 5) is 9.66. The lowest BCUT2D eigenvalue weighted by molar-refractivity contribution is 0.473. The van der Waals surface area contributed by atoms with Crippen LogP contribution in [0.5, 0.6) is 0 Å². The maximum atomic E-state index is 12.1. The van der Waals surface area contributed by atoms with Crippen LogP contribution in [-0.2, 0) is 23.1 Å². The van der Waals surface area contributed by atoms with E-state index in [0.29, 0.717) is 35.7 Å². The largest absolute Gasteiger partial charge is 0.444 e. The molecule has 2 aromatic heterocycles. The highest BCUT2D eigenvalue weighted by molar-refractivity contribution is 14.0. The first-order chi connectivity index (χ1) is 12.2. The maximum absolute atomic E-state index is 12.1. The standard InChI is InChI=1S/C16H25N5O3S2.HI/c1-6-17-16(19-10-14-20-11(2)12(3)24-14)18-9-13-7-8-15(25-13)26(22,23)21(4)5;/h7-8H,6,9-10H2,1-5H3,(H2,17,18,19);1H. The molecule has 0 unspecified atom stereocenters. The molecule has 2 rings (SSSR count). The van der Waals surface area contributed by atoms with Crippen molar-refractivity contribution >= 4 is 51.3 Å². The van der Waals surface area contributed by atoms with E-state index in [2.05, 4.69) is 20.6 Å². The third-order valence-electron chi connectivity index (χ3n) is 3.59. The molecule has 2 heterocycles. The number of oxazole rings is 1. The Bertz CT molecular complexity index is 855. The van der Waals surface area contributed by atoms with E-state index in [1.807, 2.05) is 20.8 Å². The van der Waals surface area contributed by atoms with E-state index < -0.39 is 10.0 Å². The molecular weight excluding hydrogens is 501 g/mol. The topological polar surface area (TPSA) is 99.8 Å². The van der Waals surface area contributed by atoms with Crippen molar-refractivity contribution in [2.45, 2.75) is 38.1 Å². The molecule has 0 fully saturated rings. The van der Waals surface area contributed by atoms with Gasteiger partial charge in [-0.15, -0.1) is 35.3 Å². The Hall–Kier alpha value is -1.18. The van der Waals surface area contributed by atoms with E-state index in [4.69, 9.17) is 4.42 Å². The third kappa shape index (κ3) is 6.43. The molecule has 0 aliphatic carbocycles. The number of aliphatic imine (C=N–C) groups is 1. The van der Waals surface area contributed by atoms with Crippen LogP contribution in [0.25, 0.3) is 0 Å². The summed E-state index contributed by atoms with van der Waals surface area (Å²) in [5.41, 5.74) is 0.862. The van der Waals surface area contributed by atoms with Crippen LogP contribution in [-0.4, -0.2) is 44.3 Å². The lowest BCUT2D eigenvalue weighted by atomic mass is 10.4. The van der Waals surface area contributed by atoms with Crippen LogP contribution in [0.15, 0.2) is 25.8 Å². The summed E-state index contributed by atoms with van der Waals surface area (Å²) in [5.74, 6) is 1.97. The van der Waals surface area contributed by atoms with Gasteiger partial charge in [0.25, 0.3) is 10.0 Å². The second-order valence-electron chi connectivity index (χ2n) is 5.81. The second-order valence-corrected chi connectivity index (χ2v) is 9.35. The van der Waals surface area contributed by atoms with E-state index >= 15 is 0 Å². The summed E-state index contributed by atoms with van der Waals surface area (Å²) in [7, 11) is -0.350. The first kappa shape index (κ1) is 23.9. The van der Waals surface area contributed by atoms with Crippen molar-refractivity contribution in [1.29, 1.82) is 0 Å². The number of hydrogen-bond acceptors (Lipinski definition) is 6. The SMILES string of the molecule is CCNC(=NCc1nc(C)c(C)o1)NCc1ccc(S(=O)(=O)N(C)C)s1.I. The zero-order chi connectivity index (χ0) is 19.3. The Balaban J connectivity index is 0.00000364. The molecule has 0 saturated heterocycles. The Morgan fingerprint density at radius 3 is 2.56 bits per heavy atom. The van der Waals surface area contributed by atoms with E-state index in [0.717, 1.165) is 16.3 Å². The molecule has 2 aromatic rings. The number of hydrogen-bond donors (Lipinski definition) is 2. The molecule has 0 aliphatic rings. The molecule has 0 aromatic carbocycles. The van der Waals surface area contributed by atoms with Crippen LogP contribution >= 0.6 is 35.3 Å². The zero-order valence-electron chi connectivity index (χ0n) is 16.1. The molecule has 0 spiro atoms. The smallest absolute Gasteiger partial charge is 0.252 e. The van der Waals surface area contributed by atoms with E-state index in [1.54, 1.807) is 12.1 Å². The fourth-order valence-corrected chi connectivity index (χ4v) is 4.50. The van der Waals surface area contributed by atoms with Crippen LogP contribution in [0.4, 0.5) is 0 Å². The molecule has 0 atom stereocenters. The summed E-state index contributed by atoms with van der Waals surface area (Å²) < 4.78 is 31.3. The lowest BCUT2D eigenvalue weighted by Crippen LogP contribution is -2.36. The van der Waals surface area contributed by atoms with Gasteiger partial charge in [-0.05, 0) is 32.9 Å². The van der Waals surface area contributed by atoms with Gasteiger partial charge in [0, 0.05) is 25.5 Å². The average molecular weight is 527 g/mol. The lowest BCUT2D eigenvalue weighted by Gasteiger charge is -2.10. The number of aryl methyl sites for hydroxylation is 2. The van der Waals surface area contributed by atoms with Crippen molar-refractivity contribution < 1.29 is 12.8 Å². The van der Waals surface area contributed by atoms with Crippen molar-refractivity contribution in [3.05, 3.63) is 34.4 Å². The van der Waals surface area contributed by atoms with Crippen LogP contribution in [0.3, 0.4) is 0 Å². The Morgan fingerprint density at radius 1 is 1.30 bits per heavy atom. The van der Waals surface area contributed by atoms with Gasteiger partial charge in [0.15, 0.2) is 5.96 Å². The molecule has 11 heteroatoms. The molecule has 0 aliphatic heterocycles. The van der Waals surface area contributed by atoms with Crippen molar-refractivity contribution in [2.24, 2.45) is 4.99 Å². The van der Waals surface area contributed by atoms with Gasteiger partial charge in [-0.2, -0.15) is 0 Å². The minimum absolute atomic E-state index is 0. The van der Waals surface area contributed by atoms with E-state index in [1.165, 1.54) is 29.7 Å². The number of guanidine groups is 1. The quantitative estimate of drug-likeness (QED) is 0.326. The number of thiophene rings is 1. The van der Waals surface area contributed by atoms with Gasteiger partial charge in [0.05, 0.1) is 12.2 Å². The monoisotopic (exact) mass is 527 g/mol. The highest BCUT2D eigenvalue weighted by Gasteiger charge is 2.19. The van der Waals surface area contributed by atoms with Crippen LogP contribution < -0.4 is 10.6 Å². The summed E-state index contributed by atoms with van der Waals surface area (Å²) >= 11 is 1.24. The van der Waals surface area contributed by atoms with Gasteiger partial charge in [-0.25, -0.2) is 22.7 Å². The zero-order valence-corrected chi connectivity index (χ0v) is 20.0. The van der Waals surface area contributed by atoms with Gasteiger partial charge in [0.1, 0.15) is 16.5 Å². The fraction of sp³-hybridized carbons (Fsp3) is 0.500. The number of halogens is 1. The summed E-state index contributed by atoms with van der Waals surface area (Å²) in [6.07, 6.45) is 0. The number of nitrogens with one attached hydrogen (secondary N) is 2. The Kier molecular flexibility index (Phi) is 9.18. The molecule has 8 nitrogen and oxygen atoms in total. The highest BCUT2D eigenvalue weighted by Crippen LogP contribution is 2.23. The molecule has 2 N–H and O–H groups in total. The molecular formula is C16H26IN5O3S2. The minimum Gasteiger partial charge on any atom is -0.444 e. The van der Waals surface area contributed by atoms with Crippen LogP contribution in [0.1, 0.15) is 29.1 Å². The fourth-order valence-electron chi connectivity index (χ4n) is 2.04. The van der Waals surface area contributed by atoms with Gasteiger partial charge in [-0.1, -0.05) is 0 Å². The van der Waals surface area contributed by atoms with Crippen molar-refractivity contribution in [2.75, 3.05) is 20.6 Å². The van der Waals surface area contributed by atoms with Crippen molar-refractivity contribution in [3.63, 3.8) is 0 Å². The average Bonchev–Trinajstić information content (AvgIpc) is 3.17. The van der Waals surface area contributed by atoms with Crippen LogP contribution in [0, 0.1) is 13.8 Å². The Labute approximate surface area is 181 Å². The summed E-state index contributed by atoms with van der Waals surface area (Å²) in [6, 6.07) is 3.43. The van der Waals surface area contributed by atoms with Gasteiger partial charge < -0.3 is 15.1 Å². The Morgan fingerprint density at radius 2 is 2.00 bits per heavy atom. The van der Waals surface area contributed by atoms with Crippen LogP contribution in [0.2, 0.25) is 0 Å². The van der Waals surface area contributed by atoms with Crippen molar-refractivity contribution in [3.8, 4) is 0 Å². The predicted octanol–water partition coefficient (Wildman–Crippen LogP) is 2.48. The van der Waals surface area contributed by atoms with Gasteiger partial charge >= 0.3 is 0 Å². The maximum Gasteiger partial charge on any atom is 0.252 e. The van der Waals surface area contributed by atoms with Gasteiger partial charge in [-0.3, -0.25) is 0 Å². The van der Waals surface area contributed by atoms with Gasteiger partial charge in [0.2, 0.25) is 5.89 Å². The predicted molar refractivity (Wildman–Crippen MR) is 118 cm³/mol. The molecule has 0 bridgehead atoms. The second kappa shape index (κ2) is 10.4. The summed E-state index contributed by atoms with van der Waals surface area (Å²) in [6.45, 7) is 7.25. The molecule has 0 saturated carbocycles. The first-order valence-electron chi connectivity index (χ1n) is 8.20. The minimum atomic E-state index is -3.40. The van der Waals surface area contributed by atoms with E-state index in [-0.39, 0.29) is 24.0 Å². The summed E-state index contributed by atoms with van der Waals surface area (Å²) in [5, 5.41) is 6.34.